The van der Waals surface area contributed by atoms with Crippen molar-refractivity contribution in [3.8, 4) is 0 Å². The van der Waals surface area contributed by atoms with E-state index in [2.05, 4.69) is 22.7 Å². The summed E-state index contributed by atoms with van der Waals surface area (Å²) in [6.45, 7) is 2.58. The lowest BCUT2D eigenvalue weighted by molar-refractivity contribution is -0.126. The normalized spacial score (nSPS) is 29.4. The third-order valence-electron chi connectivity index (χ3n) is 5.89. The van der Waals surface area contributed by atoms with Crippen molar-refractivity contribution in [1.82, 2.24) is 9.73 Å². The molecule has 1 aromatic carbocycles. The van der Waals surface area contributed by atoms with Crippen molar-refractivity contribution < 1.29 is 13.2 Å². The maximum absolute atomic E-state index is 12.9. The molecule has 7 heteroatoms. The van der Waals surface area contributed by atoms with Crippen LogP contribution in [0.5, 0.6) is 0 Å². The molecule has 1 amide bonds. The van der Waals surface area contributed by atoms with E-state index in [1.165, 1.54) is 4.31 Å². The van der Waals surface area contributed by atoms with Gasteiger partial charge in [0.15, 0.2) is 0 Å². The number of nitrogens with zero attached hydrogens (tertiary/aromatic N) is 2. The molecule has 6 nitrogen and oxygen atoms in total. The second-order valence-corrected chi connectivity index (χ2v) is 9.67. The highest BCUT2D eigenvalue weighted by atomic mass is 32.2. The molecule has 0 spiro atoms. The van der Waals surface area contributed by atoms with Gasteiger partial charge in [-0.05, 0) is 50.7 Å². The SMILES string of the molecule is Cc1ccc(S(=O)(=O)N2CCC[C@H](C(=O)N/N=C3/C[C@H]4C=CC[C@H]34)C2)cc1. The highest BCUT2D eigenvalue weighted by Crippen LogP contribution is 2.40. The first-order valence-electron chi connectivity index (χ1n) is 9.55. The number of nitrogens with one attached hydrogen (secondary N) is 1. The monoisotopic (exact) mass is 387 g/mol. The molecule has 144 valence electrons. The zero-order valence-corrected chi connectivity index (χ0v) is 16.3. The molecule has 0 radical (unpaired) electrons. The van der Waals surface area contributed by atoms with Crippen LogP contribution in [0.25, 0.3) is 0 Å². The maximum Gasteiger partial charge on any atom is 0.244 e. The number of hydrogen-bond acceptors (Lipinski definition) is 4. The van der Waals surface area contributed by atoms with Crippen LogP contribution in [0.4, 0.5) is 0 Å². The number of hydrazone groups is 1. The van der Waals surface area contributed by atoms with Crippen LogP contribution in [0.3, 0.4) is 0 Å². The van der Waals surface area contributed by atoms with Gasteiger partial charge < -0.3 is 0 Å². The van der Waals surface area contributed by atoms with E-state index in [0.29, 0.717) is 31.2 Å². The molecule has 1 aliphatic heterocycles. The quantitative estimate of drug-likeness (QED) is 0.637. The number of rotatable bonds is 4. The Hall–Kier alpha value is -1.99. The number of fused-ring (bicyclic) bond motifs is 1. The van der Waals surface area contributed by atoms with E-state index in [1.54, 1.807) is 24.3 Å². The van der Waals surface area contributed by atoms with Gasteiger partial charge in [0.25, 0.3) is 0 Å². The number of hydrogen-bond donors (Lipinski definition) is 1. The molecule has 27 heavy (non-hydrogen) atoms. The average molecular weight is 388 g/mol. The standard InChI is InChI=1S/C20H25N3O3S/c1-14-7-9-17(10-8-14)27(25,26)23-11-3-5-16(13-23)20(24)22-21-19-12-15-4-2-6-18(15)19/h2,4,7-10,15-16,18H,3,5-6,11-13H2,1H3,(H,22,24)/b21-19-/t15-,16+,18+/m1/s1. The fourth-order valence-corrected chi connectivity index (χ4v) is 5.64. The Morgan fingerprint density at radius 1 is 1.26 bits per heavy atom. The third-order valence-corrected chi connectivity index (χ3v) is 7.77. The Labute approximate surface area is 160 Å². The number of aryl methyl sites for hydroxylation is 1. The zero-order valence-electron chi connectivity index (χ0n) is 15.5. The van der Waals surface area contributed by atoms with Crippen LogP contribution in [-0.2, 0) is 14.8 Å². The topological polar surface area (TPSA) is 78.8 Å². The van der Waals surface area contributed by atoms with E-state index < -0.39 is 10.0 Å². The number of amides is 1. The van der Waals surface area contributed by atoms with Crippen LogP contribution in [-0.4, -0.2) is 37.4 Å². The van der Waals surface area contributed by atoms with Crippen molar-refractivity contribution >= 4 is 21.6 Å². The summed E-state index contributed by atoms with van der Waals surface area (Å²) < 4.78 is 27.2. The summed E-state index contributed by atoms with van der Waals surface area (Å²) in [6.07, 6.45) is 7.68. The van der Waals surface area contributed by atoms with Crippen LogP contribution in [0.15, 0.2) is 46.4 Å². The first kappa shape index (κ1) is 18.4. The summed E-state index contributed by atoms with van der Waals surface area (Å²) in [5, 5.41) is 4.31. The molecule has 1 saturated carbocycles. The summed E-state index contributed by atoms with van der Waals surface area (Å²) in [5.74, 6) is 0.502. The number of carbonyl (C=O) groups is 1. The molecule has 0 aromatic heterocycles. The number of benzene rings is 1. The lowest BCUT2D eigenvalue weighted by Gasteiger charge is -2.33. The van der Waals surface area contributed by atoms with Crippen LogP contribution in [0.2, 0.25) is 0 Å². The number of sulfonamides is 1. The lowest BCUT2D eigenvalue weighted by atomic mass is 9.74. The van der Waals surface area contributed by atoms with E-state index >= 15 is 0 Å². The Balaban J connectivity index is 1.39. The fraction of sp³-hybridized carbons (Fsp3) is 0.500. The van der Waals surface area contributed by atoms with Crippen LogP contribution in [0.1, 0.15) is 31.2 Å². The van der Waals surface area contributed by atoms with Gasteiger partial charge in [-0.1, -0.05) is 29.8 Å². The number of piperidine rings is 1. The van der Waals surface area contributed by atoms with Crippen molar-refractivity contribution in [3.63, 3.8) is 0 Å². The third kappa shape index (κ3) is 3.58. The molecule has 3 atom stereocenters. The van der Waals surface area contributed by atoms with Gasteiger partial charge in [-0.3, -0.25) is 4.79 Å². The fourth-order valence-electron chi connectivity index (χ4n) is 4.12. The summed E-state index contributed by atoms with van der Waals surface area (Å²) in [4.78, 5) is 12.8. The summed E-state index contributed by atoms with van der Waals surface area (Å²) in [7, 11) is -3.57. The Morgan fingerprint density at radius 2 is 2.04 bits per heavy atom. The molecular formula is C20H25N3O3S. The van der Waals surface area contributed by atoms with E-state index in [9.17, 15) is 13.2 Å². The summed E-state index contributed by atoms with van der Waals surface area (Å²) >= 11 is 0. The molecule has 2 aliphatic carbocycles. The van der Waals surface area contributed by atoms with Gasteiger partial charge in [0.05, 0.1) is 10.8 Å². The molecule has 2 fully saturated rings. The molecule has 1 aromatic rings. The van der Waals surface area contributed by atoms with E-state index in [-0.39, 0.29) is 23.3 Å². The lowest BCUT2D eigenvalue weighted by Crippen LogP contribution is -2.45. The highest BCUT2D eigenvalue weighted by molar-refractivity contribution is 7.89. The maximum atomic E-state index is 12.9. The molecular weight excluding hydrogens is 362 g/mol. The Kier molecular flexibility index (Phi) is 4.90. The van der Waals surface area contributed by atoms with E-state index in [1.807, 2.05) is 6.92 Å². The van der Waals surface area contributed by atoms with Gasteiger partial charge in [-0.25, -0.2) is 13.8 Å². The molecule has 0 bridgehead atoms. The Bertz CT molecular complexity index is 890. The van der Waals surface area contributed by atoms with Crippen LogP contribution in [0, 0.1) is 24.7 Å². The highest BCUT2D eigenvalue weighted by Gasteiger charge is 2.38. The van der Waals surface area contributed by atoms with Crippen molar-refractivity contribution in [2.75, 3.05) is 13.1 Å². The van der Waals surface area contributed by atoms with Crippen LogP contribution >= 0.6 is 0 Å². The molecule has 0 unspecified atom stereocenters. The first-order chi connectivity index (χ1) is 12.9. The van der Waals surface area contributed by atoms with E-state index in [4.69, 9.17) is 0 Å². The zero-order chi connectivity index (χ0) is 19.0. The predicted octanol–water partition coefficient (Wildman–Crippen LogP) is 2.46. The second-order valence-electron chi connectivity index (χ2n) is 7.73. The van der Waals surface area contributed by atoms with Crippen molar-refractivity contribution in [2.45, 2.75) is 37.5 Å². The van der Waals surface area contributed by atoms with Gasteiger partial charge in [-0.15, -0.1) is 0 Å². The largest absolute Gasteiger partial charge is 0.273 e. The molecule has 1 N–H and O–H groups in total. The molecule has 1 saturated heterocycles. The van der Waals surface area contributed by atoms with Crippen LogP contribution < -0.4 is 5.43 Å². The number of allylic oxidation sites excluding steroid dienone is 2. The van der Waals surface area contributed by atoms with Gasteiger partial charge in [0.2, 0.25) is 15.9 Å². The van der Waals surface area contributed by atoms with Gasteiger partial charge in [-0.2, -0.15) is 9.41 Å². The van der Waals surface area contributed by atoms with Crippen molar-refractivity contribution in [1.29, 1.82) is 0 Å². The molecule has 1 heterocycles. The average Bonchev–Trinajstić information content (AvgIpc) is 3.03. The Morgan fingerprint density at radius 3 is 2.78 bits per heavy atom. The first-order valence-corrected chi connectivity index (χ1v) is 11.0. The minimum atomic E-state index is -3.57. The second kappa shape index (κ2) is 7.20. The van der Waals surface area contributed by atoms with E-state index in [0.717, 1.165) is 24.1 Å². The molecule has 4 rings (SSSR count). The summed E-state index contributed by atoms with van der Waals surface area (Å²) in [6, 6.07) is 6.84. The van der Waals surface area contributed by atoms with Gasteiger partial charge in [0.1, 0.15) is 0 Å². The van der Waals surface area contributed by atoms with Gasteiger partial charge >= 0.3 is 0 Å². The van der Waals surface area contributed by atoms with Crippen molar-refractivity contribution in [2.24, 2.45) is 22.9 Å². The van der Waals surface area contributed by atoms with Gasteiger partial charge in [0, 0.05) is 24.7 Å². The summed E-state index contributed by atoms with van der Waals surface area (Å²) in [5.41, 5.74) is 4.75. The number of carbonyl (C=O) groups excluding carboxylic acids is 1. The smallest absolute Gasteiger partial charge is 0.244 e. The van der Waals surface area contributed by atoms with Crippen molar-refractivity contribution in [3.05, 3.63) is 42.0 Å². The predicted molar refractivity (Wildman–Crippen MR) is 104 cm³/mol. The minimum absolute atomic E-state index is 0.180. The minimum Gasteiger partial charge on any atom is -0.273 e. The molecule has 3 aliphatic rings.